The van der Waals surface area contributed by atoms with Gasteiger partial charge >= 0.3 is 0 Å². The minimum absolute atomic E-state index is 0.0886. The van der Waals surface area contributed by atoms with Crippen molar-refractivity contribution in [2.24, 2.45) is 5.73 Å². The van der Waals surface area contributed by atoms with E-state index in [0.717, 1.165) is 17.5 Å². The van der Waals surface area contributed by atoms with Crippen molar-refractivity contribution < 1.29 is 4.39 Å². The maximum atomic E-state index is 14.0. The summed E-state index contributed by atoms with van der Waals surface area (Å²) >= 11 is 0. The number of benzene rings is 2. The first-order valence-electron chi connectivity index (χ1n) is 5.83. The van der Waals surface area contributed by atoms with E-state index in [1.165, 1.54) is 6.07 Å². The molecule has 0 fully saturated rings. The molecule has 0 aliphatic rings. The van der Waals surface area contributed by atoms with E-state index >= 15 is 0 Å². The Morgan fingerprint density at radius 2 is 1.82 bits per heavy atom. The Bertz CT molecular complexity index is 494. The predicted octanol–water partition coefficient (Wildman–Crippen LogP) is 3.90. The smallest absolute Gasteiger partial charge is 0.131 e. The van der Waals surface area contributed by atoms with Crippen LogP contribution in [0.4, 0.5) is 4.39 Å². The summed E-state index contributed by atoms with van der Waals surface area (Å²) in [5.41, 5.74) is 8.25. The van der Waals surface area contributed by atoms with Crippen LogP contribution in [0, 0.1) is 5.82 Å². The lowest BCUT2D eigenvalue weighted by Crippen LogP contribution is -2.08. The molecule has 0 aromatic heterocycles. The Balaban J connectivity index is 2.39. The van der Waals surface area contributed by atoms with Crippen LogP contribution >= 0.6 is 0 Å². The predicted molar refractivity (Wildman–Crippen MR) is 69.1 cm³/mol. The van der Waals surface area contributed by atoms with Gasteiger partial charge in [0.15, 0.2) is 0 Å². The summed E-state index contributed by atoms with van der Waals surface area (Å²) in [5, 5.41) is 0. The zero-order chi connectivity index (χ0) is 12.3. The van der Waals surface area contributed by atoms with E-state index in [-0.39, 0.29) is 11.9 Å². The van der Waals surface area contributed by atoms with Crippen LogP contribution in [0.2, 0.25) is 0 Å². The lowest BCUT2D eigenvalue weighted by atomic mass is 9.99. The molecular weight excluding hydrogens is 213 g/mol. The second-order valence-electron chi connectivity index (χ2n) is 4.12. The summed E-state index contributed by atoms with van der Waals surface area (Å²) in [5.74, 6) is -0.211. The van der Waals surface area contributed by atoms with Gasteiger partial charge in [-0.1, -0.05) is 49.4 Å². The molecule has 17 heavy (non-hydrogen) atoms. The molecule has 0 spiro atoms. The van der Waals surface area contributed by atoms with Crippen molar-refractivity contribution in [3.05, 3.63) is 59.9 Å². The van der Waals surface area contributed by atoms with Crippen molar-refractivity contribution in [2.75, 3.05) is 0 Å². The summed E-state index contributed by atoms with van der Waals surface area (Å²) in [6, 6.07) is 14.7. The summed E-state index contributed by atoms with van der Waals surface area (Å²) in [6.45, 7) is 1.99. The molecule has 0 saturated heterocycles. The van der Waals surface area contributed by atoms with Gasteiger partial charge in [-0.05, 0) is 23.6 Å². The van der Waals surface area contributed by atoms with Crippen LogP contribution in [-0.4, -0.2) is 0 Å². The van der Waals surface area contributed by atoms with Crippen molar-refractivity contribution in [3.8, 4) is 11.1 Å². The molecule has 0 radical (unpaired) electrons. The Labute approximate surface area is 101 Å². The third-order valence-corrected chi connectivity index (χ3v) is 2.95. The fraction of sp³-hybridized carbons (Fsp3) is 0.200. The number of nitrogens with two attached hydrogens (primary N) is 1. The standard InChI is InChI=1S/C15H16FN/c1-2-15(17)12-8-9-13(14(16)10-12)11-6-4-3-5-7-11/h3-10,15H,2,17H2,1H3. The van der Waals surface area contributed by atoms with Gasteiger partial charge in [-0.2, -0.15) is 0 Å². The molecule has 0 aliphatic heterocycles. The Morgan fingerprint density at radius 1 is 1.12 bits per heavy atom. The first kappa shape index (κ1) is 11.8. The van der Waals surface area contributed by atoms with Crippen LogP contribution in [0.3, 0.4) is 0 Å². The Hall–Kier alpha value is -1.67. The van der Waals surface area contributed by atoms with Crippen LogP contribution in [-0.2, 0) is 0 Å². The van der Waals surface area contributed by atoms with E-state index in [1.807, 2.05) is 43.3 Å². The molecule has 2 rings (SSSR count). The van der Waals surface area contributed by atoms with Gasteiger partial charge in [0.25, 0.3) is 0 Å². The number of halogens is 1. The van der Waals surface area contributed by atoms with Crippen molar-refractivity contribution in [1.82, 2.24) is 0 Å². The molecule has 2 aromatic carbocycles. The SMILES string of the molecule is CCC(N)c1ccc(-c2ccccc2)c(F)c1. The van der Waals surface area contributed by atoms with Gasteiger partial charge in [0.2, 0.25) is 0 Å². The van der Waals surface area contributed by atoms with Crippen LogP contribution in [0.1, 0.15) is 24.9 Å². The third kappa shape index (κ3) is 2.53. The van der Waals surface area contributed by atoms with Crippen LogP contribution < -0.4 is 5.73 Å². The van der Waals surface area contributed by atoms with E-state index < -0.39 is 0 Å². The number of rotatable bonds is 3. The number of hydrogen-bond donors (Lipinski definition) is 1. The third-order valence-electron chi connectivity index (χ3n) is 2.95. The molecule has 1 unspecified atom stereocenters. The van der Waals surface area contributed by atoms with E-state index in [2.05, 4.69) is 0 Å². The zero-order valence-corrected chi connectivity index (χ0v) is 9.86. The fourth-order valence-corrected chi connectivity index (χ4v) is 1.85. The first-order chi connectivity index (χ1) is 8.22. The molecular formula is C15H16FN. The minimum Gasteiger partial charge on any atom is -0.324 e. The summed E-state index contributed by atoms with van der Waals surface area (Å²) in [7, 11) is 0. The fourth-order valence-electron chi connectivity index (χ4n) is 1.85. The van der Waals surface area contributed by atoms with Gasteiger partial charge in [0.1, 0.15) is 5.82 Å². The van der Waals surface area contributed by atoms with Gasteiger partial charge in [0.05, 0.1) is 0 Å². The largest absolute Gasteiger partial charge is 0.324 e. The monoisotopic (exact) mass is 229 g/mol. The zero-order valence-electron chi connectivity index (χ0n) is 9.86. The molecule has 0 amide bonds. The van der Waals surface area contributed by atoms with E-state index in [0.29, 0.717) is 5.56 Å². The summed E-state index contributed by atoms with van der Waals surface area (Å²) in [6.07, 6.45) is 0.810. The van der Waals surface area contributed by atoms with Crippen LogP contribution in [0.25, 0.3) is 11.1 Å². The second kappa shape index (κ2) is 5.11. The first-order valence-corrected chi connectivity index (χ1v) is 5.83. The molecule has 1 atom stereocenters. The highest BCUT2D eigenvalue weighted by molar-refractivity contribution is 5.64. The van der Waals surface area contributed by atoms with Gasteiger partial charge < -0.3 is 5.73 Å². The molecule has 2 aromatic rings. The van der Waals surface area contributed by atoms with Crippen LogP contribution in [0.15, 0.2) is 48.5 Å². The lowest BCUT2D eigenvalue weighted by Gasteiger charge is -2.11. The summed E-state index contributed by atoms with van der Waals surface area (Å²) < 4.78 is 14.0. The lowest BCUT2D eigenvalue weighted by molar-refractivity contribution is 0.620. The van der Waals surface area contributed by atoms with Crippen molar-refractivity contribution in [2.45, 2.75) is 19.4 Å². The maximum absolute atomic E-state index is 14.0. The van der Waals surface area contributed by atoms with Gasteiger partial charge in [-0.3, -0.25) is 0 Å². The average Bonchev–Trinajstić information content (AvgIpc) is 2.38. The topological polar surface area (TPSA) is 26.0 Å². The molecule has 2 heteroatoms. The van der Waals surface area contributed by atoms with Crippen molar-refractivity contribution in [1.29, 1.82) is 0 Å². The van der Waals surface area contributed by atoms with Crippen molar-refractivity contribution in [3.63, 3.8) is 0 Å². The van der Waals surface area contributed by atoms with Gasteiger partial charge in [0, 0.05) is 11.6 Å². The quantitative estimate of drug-likeness (QED) is 0.848. The highest BCUT2D eigenvalue weighted by Crippen LogP contribution is 2.25. The molecule has 0 bridgehead atoms. The average molecular weight is 229 g/mol. The Morgan fingerprint density at radius 3 is 2.41 bits per heavy atom. The van der Waals surface area contributed by atoms with Gasteiger partial charge in [-0.25, -0.2) is 4.39 Å². The highest BCUT2D eigenvalue weighted by atomic mass is 19.1. The molecule has 0 saturated carbocycles. The van der Waals surface area contributed by atoms with E-state index in [1.54, 1.807) is 6.07 Å². The van der Waals surface area contributed by atoms with Gasteiger partial charge in [-0.15, -0.1) is 0 Å². The second-order valence-corrected chi connectivity index (χ2v) is 4.12. The minimum atomic E-state index is -0.211. The normalized spacial score (nSPS) is 12.4. The summed E-state index contributed by atoms with van der Waals surface area (Å²) in [4.78, 5) is 0. The molecule has 88 valence electrons. The Kier molecular flexibility index (Phi) is 3.55. The van der Waals surface area contributed by atoms with E-state index in [4.69, 9.17) is 5.73 Å². The van der Waals surface area contributed by atoms with Crippen LogP contribution in [0.5, 0.6) is 0 Å². The number of hydrogen-bond acceptors (Lipinski definition) is 1. The highest BCUT2D eigenvalue weighted by Gasteiger charge is 2.09. The van der Waals surface area contributed by atoms with E-state index in [9.17, 15) is 4.39 Å². The molecule has 0 aliphatic carbocycles. The molecule has 2 N–H and O–H groups in total. The molecule has 0 heterocycles. The maximum Gasteiger partial charge on any atom is 0.131 e. The molecule has 1 nitrogen and oxygen atoms in total. The van der Waals surface area contributed by atoms with Crippen molar-refractivity contribution >= 4 is 0 Å².